The molecule has 6 aromatic rings. The number of aliphatic carboxylic acids is 4. The van der Waals surface area contributed by atoms with Crippen LogP contribution in [0.25, 0.3) is 43.6 Å². The largest absolute Gasteiger partial charge is 2.00 e. The molecule has 4 aliphatic carbocycles. The van der Waals surface area contributed by atoms with Crippen LogP contribution in [0.4, 0.5) is 0 Å². The predicted molar refractivity (Wildman–Crippen MR) is 258 cm³/mol. The maximum Gasteiger partial charge on any atom is 2.00 e. The summed E-state index contributed by atoms with van der Waals surface area (Å²) in [6.07, 6.45) is 7.21. The fraction of sp³-hybridized carbons (Fsp3) is 0.238. The summed E-state index contributed by atoms with van der Waals surface area (Å²) in [7, 11) is 0. The summed E-state index contributed by atoms with van der Waals surface area (Å²) in [5.74, 6) is -14.8. The molecule has 0 saturated heterocycles. The van der Waals surface area contributed by atoms with Crippen molar-refractivity contribution in [3.8, 4) is 0 Å². The number of aromatic nitrogens is 4. The van der Waals surface area contributed by atoms with Gasteiger partial charge in [0.25, 0.3) is 0 Å². The van der Waals surface area contributed by atoms with Crippen molar-refractivity contribution in [3.63, 3.8) is 0 Å². The van der Waals surface area contributed by atoms with Crippen LogP contribution in [0.2, 0.25) is 0 Å². The molecule has 0 spiro atoms. The van der Waals surface area contributed by atoms with E-state index in [2.05, 4.69) is 68.5 Å². The molecule has 4 heterocycles. The van der Waals surface area contributed by atoms with E-state index in [-0.39, 0.29) is 45.1 Å². The van der Waals surface area contributed by atoms with Gasteiger partial charge in [0.05, 0.1) is 42.2 Å². The first-order chi connectivity index (χ1) is 30.8. The van der Waals surface area contributed by atoms with E-state index in [9.17, 15) is 39.6 Å². The number of carboxylic acids is 4. The molecule has 4 aliphatic rings. The predicted octanol–water partition coefficient (Wildman–Crippen LogP) is 4.85. The molecule has 70 heavy (non-hydrogen) atoms. The van der Waals surface area contributed by atoms with Gasteiger partial charge in [-0.25, -0.2) is 0 Å². The minimum Gasteiger partial charge on any atom is -0.550 e. The van der Waals surface area contributed by atoms with Crippen LogP contribution < -0.4 is 20.4 Å². The number of alkyl halides is 8. The van der Waals surface area contributed by atoms with Crippen molar-refractivity contribution in [2.75, 3.05) is 0 Å². The van der Waals surface area contributed by atoms with E-state index in [4.69, 9.17) is 139 Å². The summed E-state index contributed by atoms with van der Waals surface area (Å²) in [6, 6.07) is 24.3. The summed E-state index contributed by atoms with van der Waals surface area (Å²) >= 11 is 71.7. The van der Waals surface area contributed by atoms with E-state index in [1.54, 1.807) is 24.8 Å². The summed E-state index contributed by atoms with van der Waals surface area (Å²) < 4.78 is -4.51. The first-order valence-electron chi connectivity index (χ1n) is 18.4. The molecular formula is C42H26Cl12Cu2N4O10+2. The smallest absolute Gasteiger partial charge is 0.550 e. The molecular weight excluding hydrogens is 1270 g/mol. The quantitative estimate of drug-likeness (QED) is 0.0992. The van der Waals surface area contributed by atoms with Gasteiger partial charge in [0, 0.05) is 93.9 Å². The Labute approximate surface area is 476 Å². The number of fused-ring (bicyclic) bond motifs is 10. The van der Waals surface area contributed by atoms with Crippen LogP contribution in [0.3, 0.4) is 0 Å². The first-order valence-corrected chi connectivity index (χ1v) is 23.0. The maximum atomic E-state index is 11.2. The zero-order valence-electron chi connectivity index (χ0n) is 33.9. The van der Waals surface area contributed by atoms with Gasteiger partial charge in [-0.2, -0.15) is 0 Å². The molecule has 0 aliphatic heterocycles. The van der Waals surface area contributed by atoms with Crippen molar-refractivity contribution in [3.05, 3.63) is 118 Å². The topological polar surface area (TPSA) is 278 Å². The number of halogens is 12. The molecule has 2 aromatic carbocycles. The fourth-order valence-electron chi connectivity index (χ4n) is 8.52. The van der Waals surface area contributed by atoms with Gasteiger partial charge in [0.2, 0.25) is 0 Å². The maximum absolute atomic E-state index is 11.2. The standard InChI is InChI=1S/2C12H8N2.2C9H4Cl6O4.2Cu.2H2O/c2*1-3-9-5-6-10-4-2-8-14-12(10)11(9)13-7-1;2*10-3-4(11)8(13)2(6(18)19)1(5(16)17)7(3,12)9(8,14)15;;;;/h2*1-8H;2*1-2H,(H,16,17)(H,18,19);;;2*1H2/q;;;;2*+2;;/p-2/t;;2*1-,2+,7+,8-;;;;. The number of carbonyl (C=O) groups excluding carboxylic acids is 4. The molecule has 10 rings (SSSR count). The summed E-state index contributed by atoms with van der Waals surface area (Å²) in [5.41, 5.74) is 3.91. The minimum atomic E-state index is -2.26. The molecule has 0 amide bonds. The average Bonchev–Trinajstić information content (AvgIpc) is 3.63. The summed E-state index contributed by atoms with van der Waals surface area (Å²) in [6.45, 7) is 0. The van der Waals surface area contributed by atoms with Crippen LogP contribution in [0.1, 0.15) is 0 Å². The number of carboxylic acid groups (broad SMARTS) is 4. The van der Waals surface area contributed by atoms with Crippen molar-refractivity contribution in [1.82, 2.24) is 19.9 Å². The van der Waals surface area contributed by atoms with E-state index >= 15 is 0 Å². The van der Waals surface area contributed by atoms with Crippen LogP contribution in [-0.4, -0.2) is 72.0 Å². The summed E-state index contributed by atoms with van der Waals surface area (Å²) in [4.78, 5) is 53.4. The Bertz CT molecular complexity index is 2720. The second kappa shape index (κ2) is 22.4. The molecule has 2 fully saturated rings. The Morgan fingerprint density at radius 1 is 0.371 bits per heavy atom. The third kappa shape index (κ3) is 8.96. The van der Waals surface area contributed by atoms with Gasteiger partial charge >= 0.3 is 34.1 Å². The Kier molecular flexibility index (Phi) is 19.9. The van der Waals surface area contributed by atoms with Gasteiger partial charge in [-0.1, -0.05) is 141 Å². The molecule has 378 valence electrons. The van der Waals surface area contributed by atoms with Gasteiger partial charge < -0.3 is 50.6 Å². The normalized spacial score (nSPS) is 28.1. The number of hydrogen-bond donors (Lipinski definition) is 0. The Balaban J connectivity index is 0.000000244. The van der Waals surface area contributed by atoms with Crippen molar-refractivity contribution < 1.29 is 84.7 Å². The number of carbonyl (C=O) groups is 4. The average molecular weight is 1300 g/mol. The SMILES string of the molecule is O=C([O-])[C@@H]1[C@H](C(=O)[O-])[C@]2(Cl)C(Cl)=C(Cl)[C@@]1(Cl)C2(Cl)Cl.O=C([O-])[C@@H]1[C@H](C(=O)[O-])[C@]2(Cl)C(Cl)=C(Cl)[C@@]1(Cl)C2(Cl)Cl.[Cu+2].[Cu+2].[OH3+].[OH3+].c1cnc2c(c1)ccc1cccnc12.c1cnc2c(c1)ccc1cccnc12. The Morgan fingerprint density at radius 2 is 0.543 bits per heavy atom. The third-order valence-electron chi connectivity index (χ3n) is 11.6. The number of hydrogen-bond acceptors (Lipinski definition) is 12. The van der Waals surface area contributed by atoms with Crippen molar-refractivity contribution >= 4 is 207 Å². The van der Waals surface area contributed by atoms with Crippen molar-refractivity contribution in [1.29, 1.82) is 0 Å². The summed E-state index contributed by atoms with van der Waals surface area (Å²) in [5, 5.41) is 47.7. The van der Waals surface area contributed by atoms with Crippen molar-refractivity contribution in [2.45, 2.75) is 28.2 Å². The number of benzene rings is 2. The zero-order valence-corrected chi connectivity index (χ0v) is 44.8. The van der Waals surface area contributed by atoms with Crippen LogP contribution in [0.5, 0.6) is 0 Å². The number of nitrogens with zero attached hydrogens (tertiary/aromatic N) is 4. The minimum absolute atomic E-state index is 0. The molecule has 8 atom stereocenters. The number of rotatable bonds is 4. The van der Waals surface area contributed by atoms with Crippen LogP contribution in [-0.2, 0) is 64.3 Å². The third-order valence-corrected chi connectivity index (χ3v) is 20.1. The Hall–Kier alpha value is -2.12. The second-order valence-corrected chi connectivity index (χ2v) is 21.4. The van der Waals surface area contributed by atoms with E-state index in [0.717, 1.165) is 43.6 Å². The molecule has 14 nitrogen and oxygen atoms in total. The molecule has 6 N–H and O–H groups in total. The van der Waals surface area contributed by atoms with E-state index in [1.807, 2.05) is 24.3 Å². The molecule has 28 heteroatoms. The van der Waals surface area contributed by atoms with Crippen molar-refractivity contribution in [2.24, 2.45) is 23.7 Å². The van der Waals surface area contributed by atoms with Gasteiger partial charge in [0.15, 0.2) is 8.67 Å². The number of allylic oxidation sites excluding steroid dienone is 4. The molecule has 2 saturated carbocycles. The van der Waals surface area contributed by atoms with E-state index in [1.165, 1.54) is 0 Å². The van der Waals surface area contributed by atoms with Crippen LogP contribution >= 0.6 is 139 Å². The monoisotopic (exact) mass is 1290 g/mol. The van der Waals surface area contributed by atoms with Gasteiger partial charge in [-0.05, 0) is 24.3 Å². The molecule has 4 aromatic heterocycles. The molecule has 4 bridgehead atoms. The Morgan fingerprint density at radius 3 is 0.700 bits per heavy atom. The fourth-order valence-corrected chi connectivity index (χ4v) is 14.4. The second-order valence-electron chi connectivity index (χ2n) is 14.9. The number of pyridine rings is 4. The zero-order chi connectivity index (χ0) is 48.7. The molecule has 2 radical (unpaired) electrons. The molecule has 0 unspecified atom stereocenters. The van der Waals surface area contributed by atoms with Gasteiger partial charge in [-0.3, -0.25) is 19.9 Å². The van der Waals surface area contributed by atoms with Gasteiger partial charge in [0.1, 0.15) is 19.5 Å². The van der Waals surface area contributed by atoms with E-state index < -0.39 is 95.8 Å². The first kappa shape index (κ1) is 62.2. The van der Waals surface area contributed by atoms with E-state index in [0.29, 0.717) is 0 Å². The van der Waals surface area contributed by atoms with Crippen LogP contribution in [0.15, 0.2) is 118 Å². The van der Waals surface area contributed by atoms with Crippen LogP contribution in [0, 0.1) is 23.7 Å². The van der Waals surface area contributed by atoms with Gasteiger partial charge in [-0.15, -0.1) is 46.4 Å².